The van der Waals surface area contributed by atoms with Crippen molar-refractivity contribution >= 4 is 29.9 Å². The first-order chi connectivity index (χ1) is 12.3. The molecule has 0 heterocycles. The molecule has 0 spiro atoms. The Morgan fingerprint density at radius 2 is 1.73 bits per heavy atom. The summed E-state index contributed by atoms with van der Waals surface area (Å²) in [5.41, 5.74) is 2.33. The van der Waals surface area contributed by atoms with Gasteiger partial charge < -0.3 is 20.1 Å². The van der Waals surface area contributed by atoms with Crippen LogP contribution in [-0.4, -0.2) is 32.8 Å². The molecule has 0 aliphatic heterocycles. The first-order valence-corrected chi connectivity index (χ1v) is 8.58. The number of aliphatic imine (C=N–C) groups is 1. The van der Waals surface area contributed by atoms with Gasteiger partial charge in [0, 0.05) is 20.2 Å². The Kier molecular flexibility index (Phi) is 11.5. The molecule has 26 heavy (non-hydrogen) atoms. The molecule has 0 aliphatic rings. The van der Waals surface area contributed by atoms with Gasteiger partial charge in [0.25, 0.3) is 0 Å². The van der Waals surface area contributed by atoms with Crippen LogP contribution in [0.25, 0.3) is 0 Å². The van der Waals surface area contributed by atoms with E-state index in [2.05, 4.69) is 34.7 Å². The van der Waals surface area contributed by atoms with Gasteiger partial charge in [-0.3, -0.25) is 0 Å². The van der Waals surface area contributed by atoms with Gasteiger partial charge in [-0.2, -0.15) is 0 Å². The lowest BCUT2D eigenvalue weighted by Gasteiger charge is -2.12. The molecule has 2 rings (SSSR count). The topological polar surface area (TPSA) is 54.9 Å². The highest BCUT2D eigenvalue weighted by Crippen LogP contribution is 2.14. The van der Waals surface area contributed by atoms with Crippen LogP contribution in [0.3, 0.4) is 0 Å². The molecule has 0 radical (unpaired) electrons. The number of methoxy groups -OCH3 is 1. The van der Waals surface area contributed by atoms with Crippen LogP contribution >= 0.6 is 24.0 Å². The summed E-state index contributed by atoms with van der Waals surface area (Å²) in [5.74, 6) is 1.64. The average molecular weight is 469 g/mol. The third-order valence-electron chi connectivity index (χ3n) is 3.52. The molecule has 0 saturated heterocycles. The minimum Gasteiger partial charge on any atom is -0.491 e. The third-order valence-corrected chi connectivity index (χ3v) is 3.52. The highest BCUT2D eigenvalue weighted by molar-refractivity contribution is 14.0. The molecule has 0 aromatic heterocycles. The highest BCUT2D eigenvalue weighted by Gasteiger charge is 2.00. The lowest BCUT2D eigenvalue weighted by molar-refractivity contribution is 0.146. The zero-order chi connectivity index (χ0) is 17.7. The molecular formula is C20H28IN3O2. The maximum absolute atomic E-state index is 5.64. The van der Waals surface area contributed by atoms with Gasteiger partial charge in [0.15, 0.2) is 5.96 Å². The quantitative estimate of drug-likeness (QED) is 0.255. The van der Waals surface area contributed by atoms with Crippen molar-refractivity contribution in [3.63, 3.8) is 0 Å². The number of halogens is 1. The van der Waals surface area contributed by atoms with Gasteiger partial charge in [0.2, 0.25) is 0 Å². The number of hydrogen-bond acceptors (Lipinski definition) is 3. The Morgan fingerprint density at radius 3 is 2.46 bits per heavy atom. The Bertz CT molecular complexity index is 651. The van der Waals surface area contributed by atoms with Crippen molar-refractivity contribution in [1.29, 1.82) is 0 Å². The van der Waals surface area contributed by atoms with Gasteiger partial charge >= 0.3 is 0 Å². The van der Waals surface area contributed by atoms with E-state index in [1.54, 1.807) is 7.11 Å². The Labute approximate surface area is 173 Å². The van der Waals surface area contributed by atoms with Crippen molar-refractivity contribution < 1.29 is 9.47 Å². The standard InChI is InChI=1S/C20H27N3O2.HI/c1-3-21-20(22-15-17-8-5-4-6-9-17)23-16-18-10-7-11-19(14-18)25-13-12-24-2;/h4-11,14H,3,12-13,15-16H2,1-2H3,(H2,21,22,23);1H. The lowest BCUT2D eigenvalue weighted by atomic mass is 10.2. The smallest absolute Gasteiger partial charge is 0.191 e. The Balaban J connectivity index is 0.00000338. The van der Waals surface area contributed by atoms with Gasteiger partial charge in [-0.05, 0) is 30.2 Å². The number of rotatable bonds is 9. The van der Waals surface area contributed by atoms with Gasteiger partial charge in [-0.15, -0.1) is 24.0 Å². The Morgan fingerprint density at radius 1 is 0.962 bits per heavy atom. The van der Waals surface area contributed by atoms with E-state index in [-0.39, 0.29) is 24.0 Å². The molecule has 0 amide bonds. The van der Waals surface area contributed by atoms with E-state index in [0.29, 0.717) is 19.8 Å². The molecule has 0 fully saturated rings. The van der Waals surface area contributed by atoms with Gasteiger partial charge in [0.05, 0.1) is 13.2 Å². The maximum atomic E-state index is 5.64. The van der Waals surface area contributed by atoms with Gasteiger partial charge in [0.1, 0.15) is 12.4 Å². The molecule has 5 nitrogen and oxygen atoms in total. The predicted octanol–water partition coefficient (Wildman–Crippen LogP) is 3.59. The second-order valence-electron chi connectivity index (χ2n) is 5.52. The number of nitrogens with zero attached hydrogens (tertiary/aromatic N) is 1. The Hall–Kier alpha value is -1.80. The van der Waals surface area contributed by atoms with Crippen LogP contribution in [0.4, 0.5) is 0 Å². The first-order valence-electron chi connectivity index (χ1n) is 8.58. The zero-order valence-corrected chi connectivity index (χ0v) is 17.7. The fourth-order valence-electron chi connectivity index (χ4n) is 2.27. The van der Waals surface area contributed by atoms with E-state index >= 15 is 0 Å². The predicted molar refractivity (Wildman–Crippen MR) is 117 cm³/mol. The summed E-state index contributed by atoms with van der Waals surface area (Å²) in [7, 11) is 1.67. The van der Waals surface area contributed by atoms with Gasteiger partial charge in [-0.1, -0.05) is 42.5 Å². The molecule has 6 heteroatoms. The lowest BCUT2D eigenvalue weighted by Crippen LogP contribution is -2.36. The fraction of sp³-hybridized carbons (Fsp3) is 0.350. The van der Waals surface area contributed by atoms with Crippen LogP contribution in [0.2, 0.25) is 0 Å². The van der Waals surface area contributed by atoms with E-state index < -0.39 is 0 Å². The highest BCUT2D eigenvalue weighted by atomic mass is 127. The van der Waals surface area contributed by atoms with Crippen LogP contribution < -0.4 is 15.4 Å². The largest absolute Gasteiger partial charge is 0.491 e. The molecule has 0 unspecified atom stereocenters. The molecule has 0 saturated carbocycles. The van der Waals surface area contributed by atoms with Crippen LogP contribution in [-0.2, 0) is 17.8 Å². The van der Waals surface area contributed by atoms with E-state index in [0.717, 1.165) is 30.4 Å². The summed E-state index contributed by atoms with van der Waals surface area (Å²) in [6, 6.07) is 18.3. The van der Waals surface area contributed by atoms with Crippen molar-refractivity contribution in [3.8, 4) is 5.75 Å². The van der Waals surface area contributed by atoms with Crippen LogP contribution in [0.1, 0.15) is 18.1 Å². The molecule has 142 valence electrons. The SMILES string of the molecule is CCNC(=NCc1cccc(OCCOC)c1)NCc1ccccc1.I. The van der Waals surface area contributed by atoms with E-state index in [9.17, 15) is 0 Å². The molecule has 2 N–H and O–H groups in total. The third kappa shape index (κ3) is 8.53. The van der Waals surface area contributed by atoms with Crippen LogP contribution in [0.15, 0.2) is 59.6 Å². The van der Waals surface area contributed by atoms with Crippen molar-refractivity contribution in [3.05, 3.63) is 65.7 Å². The zero-order valence-electron chi connectivity index (χ0n) is 15.4. The van der Waals surface area contributed by atoms with Crippen molar-refractivity contribution in [2.45, 2.75) is 20.0 Å². The van der Waals surface area contributed by atoms with E-state index in [4.69, 9.17) is 9.47 Å². The molecule has 2 aromatic carbocycles. The second-order valence-corrected chi connectivity index (χ2v) is 5.52. The van der Waals surface area contributed by atoms with Crippen LogP contribution in [0.5, 0.6) is 5.75 Å². The van der Waals surface area contributed by atoms with Crippen molar-refractivity contribution in [1.82, 2.24) is 10.6 Å². The first kappa shape index (κ1) is 22.2. The van der Waals surface area contributed by atoms with E-state index in [1.807, 2.05) is 42.5 Å². The number of hydrogen-bond donors (Lipinski definition) is 2. The summed E-state index contributed by atoms with van der Waals surface area (Å²) in [6.45, 7) is 5.34. The monoisotopic (exact) mass is 469 g/mol. The van der Waals surface area contributed by atoms with Crippen molar-refractivity contribution in [2.24, 2.45) is 4.99 Å². The van der Waals surface area contributed by atoms with E-state index in [1.165, 1.54) is 5.56 Å². The van der Waals surface area contributed by atoms with Crippen LogP contribution in [0, 0.1) is 0 Å². The summed E-state index contributed by atoms with van der Waals surface area (Å²) in [5, 5.41) is 6.63. The number of benzene rings is 2. The molecular weight excluding hydrogens is 441 g/mol. The minimum atomic E-state index is 0. The minimum absolute atomic E-state index is 0. The number of nitrogens with one attached hydrogen (secondary N) is 2. The number of guanidine groups is 1. The summed E-state index contributed by atoms with van der Waals surface area (Å²) in [6.07, 6.45) is 0. The average Bonchev–Trinajstić information content (AvgIpc) is 2.65. The summed E-state index contributed by atoms with van der Waals surface area (Å²) in [4.78, 5) is 4.65. The normalized spacial score (nSPS) is 10.8. The summed E-state index contributed by atoms with van der Waals surface area (Å²) >= 11 is 0. The molecule has 0 aliphatic carbocycles. The van der Waals surface area contributed by atoms with Gasteiger partial charge in [-0.25, -0.2) is 4.99 Å². The second kappa shape index (κ2) is 13.4. The molecule has 0 bridgehead atoms. The van der Waals surface area contributed by atoms with Crippen molar-refractivity contribution in [2.75, 3.05) is 26.9 Å². The molecule has 0 atom stereocenters. The summed E-state index contributed by atoms with van der Waals surface area (Å²) < 4.78 is 10.6. The number of ether oxygens (including phenoxy) is 2. The molecule has 2 aromatic rings. The maximum Gasteiger partial charge on any atom is 0.191 e. The fourth-order valence-corrected chi connectivity index (χ4v) is 2.27.